The highest BCUT2D eigenvalue weighted by Gasteiger charge is 2.12. The van der Waals surface area contributed by atoms with Gasteiger partial charge >= 0.3 is 0 Å². The molecule has 25 heavy (non-hydrogen) atoms. The van der Waals surface area contributed by atoms with E-state index in [9.17, 15) is 4.79 Å². The summed E-state index contributed by atoms with van der Waals surface area (Å²) in [6.45, 7) is 0. The molecule has 2 aromatic heterocycles. The minimum Gasteiger partial charge on any atom is -0.351 e. The molecule has 0 saturated heterocycles. The fourth-order valence-electron chi connectivity index (χ4n) is 2.83. The van der Waals surface area contributed by atoms with E-state index in [2.05, 4.69) is 20.7 Å². The van der Waals surface area contributed by atoms with Crippen molar-refractivity contribution >= 4 is 22.5 Å². The number of rotatable bonds is 3. The third-order valence-electron chi connectivity index (χ3n) is 4.06. The van der Waals surface area contributed by atoms with E-state index in [1.807, 2.05) is 66.3 Å². The van der Waals surface area contributed by atoms with Gasteiger partial charge in [0.1, 0.15) is 0 Å². The second-order valence-corrected chi connectivity index (χ2v) is 5.80. The third kappa shape index (κ3) is 2.76. The van der Waals surface area contributed by atoms with Gasteiger partial charge in [-0.1, -0.05) is 18.2 Å². The Morgan fingerprint density at radius 3 is 2.72 bits per heavy atom. The zero-order chi connectivity index (χ0) is 17.4. The van der Waals surface area contributed by atoms with E-state index in [1.165, 1.54) is 4.80 Å². The zero-order valence-electron chi connectivity index (χ0n) is 13.8. The SMILES string of the molecule is Cn1nnc(-c2cccc(NC(=O)c3cccc4c3ccn4C)c2)n1. The highest BCUT2D eigenvalue weighted by Crippen LogP contribution is 2.22. The van der Waals surface area contributed by atoms with Gasteiger partial charge in [0.15, 0.2) is 0 Å². The Kier molecular flexibility index (Phi) is 3.53. The number of amides is 1. The van der Waals surface area contributed by atoms with Crippen LogP contribution in [0.1, 0.15) is 10.4 Å². The second-order valence-electron chi connectivity index (χ2n) is 5.80. The molecule has 0 bridgehead atoms. The van der Waals surface area contributed by atoms with E-state index < -0.39 is 0 Å². The van der Waals surface area contributed by atoms with E-state index in [0.717, 1.165) is 16.5 Å². The Labute approximate surface area is 143 Å². The van der Waals surface area contributed by atoms with Crippen LogP contribution >= 0.6 is 0 Å². The van der Waals surface area contributed by atoms with Crippen LogP contribution in [0.3, 0.4) is 0 Å². The summed E-state index contributed by atoms with van der Waals surface area (Å²) in [5, 5.41) is 15.9. The van der Waals surface area contributed by atoms with Crippen molar-refractivity contribution in [2.45, 2.75) is 0 Å². The van der Waals surface area contributed by atoms with Crippen LogP contribution in [0.4, 0.5) is 5.69 Å². The lowest BCUT2D eigenvalue weighted by atomic mass is 10.1. The minimum atomic E-state index is -0.152. The van der Waals surface area contributed by atoms with Crippen molar-refractivity contribution in [3.63, 3.8) is 0 Å². The maximum absolute atomic E-state index is 12.7. The first kappa shape index (κ1) is 15.1. The van der Waals surface area contributed by atoms with Crippen molar-refractivity contribution in [3.8, 4) is 11.4 Å². The standard InChI is InChI=1S/C18H16N6O/c1-23-10-9-14-15(7-4-8-16(14)23)18(25)19-13-6-3-5-12(11-13)17-20-22-24(2)21-17/h3-11H,1-2H3,(H,19,25). The molecule has 7 heteroatoms. The van der Waals surface area contributed by atoms with Gasteiger partial charge in [0, 0.05) is 41.0 Å². The van der Waals surface area contributed by atoms with E-state index in [4.69, 9.17) is 0 Å². The average molecular weight is 332 g/mol. The molecule has 0 unspecified atom stereocenters. The Morgan fingerprint density at radius 1 is 1.08 bits per heavy atom. The summed E-state index contributed by atoms with van der Waals surface area (Å²) < 4.78 is 1.99. The number of tetrazole rings is 1. The normalized spacial score (nSPS) is 11.0. The molecule has 1 amide bonds. The average Bonchev–Trinajstić information content (AvgIpc) is 3.21. The van der Waals surface area contributed by atoms with Gasteiger partial charge in [-0.25, -0.2) is 0 Å². The van der Waals surface area contributed by atoms with Crippen LogP contribution in [-0.2, 0) is 14.1 Å². The lowest BCUT2D eigenvalue weighted by molar-refractivity contribution is 0.102. The first-order valence-corrected chi connectivity index (χ1v) is 7.81. The van der Waals surface area contributed by atoms with Crippen LogP contribution in [0, 0.1) is 0 Å². The van der Waals surface area contributed by atoms with Gasteiger partial charge in [-0.15, -0.1) is 10.2 Å². The molecular formula is C18H16N6O. The van der Waals surface area contributed by atoms with Crippen LogP contribution in [-0.4, -0.2) is 30.7 Å². The van der Waals surface area contributed by atoms with Crippen LogP contribution in [0.2, 0.25) is 0 Å². The molecule has 0 atom stereocenters. The Bertz CT molecular complexity index is 1080. The van der Waals surface area contributed by atoms with E-state index in [-0.39, 0.29) is 5.91 Å². The molecule has 124 valence electrons. The maximum atomic E-state index is 12.7. The van der Waals surface area contributed by atoms with Crippen molar-refractivity contribution in [1.82, 2.24) is 24.8 Å². The molecule has 7 nitrogen and oxygen atoms in total. The number of carbonyl (C=O) groups excluding carboxylic acids is 1. The minimum absolute atomic E-state index is 0.152. The quantitative estimate of drug-likeness (QED) is 0.625. The summed E-state index contributed by atoms with van der Waals surface area (Å²) in [5.74, 6) is 0.366. The second kappa shape index (κ2) is 5.86. The van der Waals surface area contributed by atoms with Crippen LogP contribution in [0.15, 0.2) is 54.7 Å². The number of carbonyl (C=O) groups is 1. The van der Waals surface area contributed by atoms with E-state index in [1.54, 1.807) is 7.05 Å². The first-order chi connectivity index (χ1) is 12.1. The smallest absolute Gasteiger partial charge is 0.256 e. The van der Waals surface area contributed by atoms with Gasteiger partial charge in [0.2, 0.25) is 5.82 Å². The summed E-state index contributed by atoms with van der Waals surface area (Å²) in [7, 11) is 3.67. The summed E-state index contributed by atoms with van der Waals surface area (Å²) in [5.41, 5.74) is 3.14. The van der Waals surface area contributed by atoms with Gasteiger partial charge < -0.3 is 9.88 Å². The third-order valence-corrected chi connectivity index (χ3v) is 4.06. The lowest BCUT2D eigenvalue weighted by Gasteiger charge is -2.08. The molecule has 0 spiro atoms. The molecule has 0 aliphatic heterocycles. The summed E-state index contributed by atoms with van der Waals surface area (Å²) in [6, 6.07) is 15.1. The number of nitrogens with one attached hydrogen (secondary N) is 1. The van der Waals surface area contributed by atoms with Crippen LogP contribution < -0.4 is 5.32 Å². The number of aryl methyl sites for hydroxylation is 2. The van der Waals surface area contributed by atoms with E-state index >= 15 is 0 Å². The van der Waals surface area contributed by atoms with E-state index in [0.29, 0.717) is 17.1 Å². The molecule has 0 radical (unpaired) electrons. The number of aromatic nitrogens is 5. The molecule has 0 saturated carbocycles. The predicted molar refractivity (Wildman–Crippen MR) is 95.1 cm³/mol. The highest BCUT2D eigenvalue weighted by molar-refractivity contribution is 6.12. The molecular weight excluding hydrogens is 316 g/mol. The van der Waals surface area contributed by atoms with Gasteiger partial charge in [0.05, 0.1) is 7.05 Å². The molecule has 1 N–H and O–H groups in total. The lowest BCUT2D eigenvalue weighted by Crippen LogP contribution is -2.12. The van der Waals surface area contributed by atoms with Crippen molar-refractivity contribution in [2.24, 2.45) is 14.1 Å². The molecule has 0 fully saturated rings. The summed E-state index contributed by atoms with van der Waals surface area (Å²) in [6.07, 6.45) is 1.95. The fraction of sp³-hybridized carbons (Fsp3) is 0.111. The molecule has 4 rings (SSSR count). The monoisotopic (exact) mass is 332 g/mol. The van der Waals surface area contributed by atoms with Gasteiger partial charge in [0.25, 0.3) is 5.91 Å². The number of fused-ring (bicyclic) bond motifs is 1. The Balaban J connectivity index is 1.64. The first-order valence-electron chi connectivity index (χ1n) is 7.81. The molecule has 0 aliphatic carbocycles. The van der Waals surface area contributed by atoms with Crippen molar-refractivity contribution < 1.29 is 4.79 Å². The fourth-order valence-corrected chi connectivity index (χ4v) is 2.83. The Hall–Kier alpha value is -3.48. The van der Waals surface area contributed by atoms with Gasteiger partial charge in [-0.05, 0) is 35.5 Å². The number of hydrogen-bond donors (Lipinski definition) is 1. The summed E-state index contributed by atoms with van der Waals surface area (Å²) >= 11 is 0. The van der Waals surface area contributed by atoms with Crippen LogP contribution in [0.5, 0.6) is 0 Å². The zero-order valence-corrected chi connectivity index (χ0v) is 13.8. The number of benzene rings is 2. The molecule has 4 aromatic rings. The highest BCUT2D eigenvalue weighted by atomic mass is 16.1. The number of hydrogen-bond acceptors (Lipinski definition) is 4. The van der Waals surface area contributed by atoms with Gasteiger partial charge in [-0.2, -0.15) is 4.80 Å². The largest absolute Gasteiger partial charge is 0.351 e. The van der Waals surface area contributed by atoms with Crippen molar-refractivity contribution in [3.05, 3.63) is 60.3 Å². The van der Waals surface area contributed by atoms with Crippen molar-refractivity contribution in [2.75, 3.05) is 5.32 Å². The van der Waals surface area contributed by atoms with Crippen LogP contribution in [0.25, 0.3) is 22.3 Å². The molecule has 2 aromatic carbocycles. The number of anilines is 1. The predicted octanol–water partition coefficient (Wildman–Crippen LogP) is 2.62. The Morgan fingerprint density at radius 2 is 1.92 bits per heavy atom. The maximum Gasteiger partial charge on any atom is 0.256 e. The topological polar surface area (TPSA) is 77.6 Å². The number of nitrogens with zero attached hydrogens (tertiary/aromatic N) is 5. The summed E-state index contributed by atoms with van der Waals surface area (Å²) in [4.78, 5) is 14.1. The van der Waals surface area contributed by atoms with Gasteiger partial charge in [-0.3, -0.25) is 4.79 Å². The van der Waals surface area contributed by atoms with Crippen molar-refractivity contribution in [1.29, 1.82) is 0 Å². The molecule has 0 aliphatic rings. The molecule has 2 heterocycles.